The third kappa shape index (κ3) is 5.26. The fraction of sp³-hybridized carbons (Fsp3) is 0.208. The van der Waals surface area contributed by atoms with Gasteiger partial charge in [-0.25, -0.2) is 4.39 Å². The highest BCUT2D eigenvalue weighted by Crippen LogP contribution is 2.33. The number of halogens is 7. The number of sulfonamides is 1. The van der Waals surface area contributed by atoms with Crippen molar-refractivity contribution in [1.82, 2.24) is 9.13 Å². The number of benzene rings is 3. The van der Waals surface area contributed by atoms with Gasteiger partial charge in [-0.1, -0.05) is 24.3 Å². The minimum Gasteiger partial charge on any atom is -0.310 e. The van der Waals surface area contributed by atoms with Crippen LogP contribution in [0.15, 0.2) is 76.0 Å². The van der Waals surface area contributed by atoms with Gasteiger partial charge in [-0.05, 0) is 55.0 Å². The third-order valence-corrected chi connectivity index (χ3v) is 6.88. The lowest BCUT2D eigenvalue weighted by molar-refractivity contribution is -0.140. The van der Waals surface area contributed by atoms with Crippen LogP contribution in [0.3, 0.4) is 0 Å². The normalized spacial score (nSPS) is 13.5. The average Bonchev–Trinajstić information content (AvgIpc) is 3.09. The molecule has 0 unspecified atom stereocenters. The first kappa shape index (κ1) is 26.5. The van der Waals surface area contributed by atoms with Crippen LogP contribution in [0.25, 0.3) is 11.0 Å². The van der Waals surface area contributed by atoms with Crippen molar-refractivity contribution in [3.05, 3.63) is 94.9 Å². The van der Waals surface area contributed by atoms with E-state index in [4.69, 9.17) is 0 Å². The summed E-state index contributed by atoms with van der Waals surface area (Å²) >= 11 is 0. The second-order valence-electron chi connectivity index (χ2n) is 8.02. The molecular weight excluding hydrogens is 527 g/mol. The average molecular weight is 545 g/mol. The van der Waals surface area contributed by atoms with Gasteiger partial charge in [0.2, 0.25) is 5.62 Å². The predicted molar refractivity (Wildman–Crippen MR) is 120 cm³/mol. The van der Waals surface area contributed by atoms with Crippen LogP contribution in [0.4, 0.5) is 30.7 Å². The standard InChI is InChI=1S/C24H18F7N3O2S/c1-2-33-20-11-9-16(23(26,27)28)13-21(20)34(14-15-8-10-18(19(25)12-15)24(29,30)31)22(33)32-37(35,36)17-6-4-3-5-7-17/h3-13H,2,14H2,1H3/b32-22-. The molecule has 0 fully saturated rings. The number of hydrogen-bond donors (Lipinski definition) is 0. The Morgan fingerprint density at radius 2 is 1.49 bits per heavy atom. The molecule has 1 aromatic heterocycles. The van der Waals surface area contributed by atoms with E-state index in [0.717, 1.165) is 28.8 Å². The lowest BCUT2D eigenvalue weighted by atomic mass is 10.1. The molecule has 3 aromatic carbocycles. The highest BCUT2D eigenvalue weighted by atomic mass is 32.2. The van der Waals surface area contributed by atoms with Crippen LogP contribution in [0, 0.1) is 5.82 Å². The first-order chi connectivity index (χ1) is 17.2. The number of imidazole rings is 1. The van der Waals surface area contributed by atoms with Gasteiger partial charge in [-0.2, -0.15) is 34.8 Å². The summed E-state index contributed by atoms with van der Waals surface area (Å²) in [5.74, 6) is -1.57. The molecule has 0 spiro atoms. The van der Waals surface area contributed by atoms with Crippen molar-refractivity contribution in [2.75, 3.05) is 0 Å². The Balaban J connectivity index is 2.01. The predicted octanol–water partition coefficient (Wildman–Crippen LogP) is 5.98. The summed E-state index contributed by atoms with van der Waals surface area (Å²) in [7, 11) is -4.34. The largest absolute Gasteiger partial charge is 0.419 e. The van der Waals surface area contributed by atoms with Crippen LogP contribution in [0.5, 0.6) is 0 Å². The maximum Gasteiger partial charge on any atom is 0.419 e. The van der Waals surface area contributed by atoms with Crippen molar-refractivity contribution < 1.29 is 39.2 Å². The van der Waals surface area contributed by atoms with Crippen molar-refractivity contribution in [3.8, 4) is 0 Å². The molecule has 4 rings (SSSR count). The van der Waals surface area contributed by atoms with E-state index in [-0.39, 0.29) is 33.7 Å². The fourth-order valence-electron chi connectivity index (χ4n) is 3.89. The zero-order valence-corrected chi connectivity index (χ0v) is 19.8. The van der Waals surface area contributed by atoms with Gasteiger partial charge < -0.3 is 9.13 Å². The number of fused-ring (bicyclic) bond motifs is 1. The Morgan fingerprint density at radius 1 is 0.811 bits per heavy atom. The lowest BCUT2D eigenvalue weighted by Crippen LogP contribution is -2.28. The minimum atomic E-state index is -4.94. The summed E-state index contributed by atoms with van der Waals surface area (Å²) in [6, 6.07) is 11.9. The first-order valence-corrected chi connectivity index (χ1v) is 12.2. The van der Waals surface area contributed by atoms with Crippen molar-refractivity contribution in [2.24, 2.45) is 4.40 Å². The van der Waals surface area contributed by atoms with Gasteiger partial charge in [0, 0.05) is 6.54 Å². The van der Waals surface area contributed by atoms with Crippen LogP contribution in [-0.4, -0.2) is 17.6 Å². The van der Waals surface area contributed by atoms with Crippen LogP contribution in [0.1, 0.15) is 23.6 Å². The van der Waals surface area contributed by atoms with Gasteiger partial charge in [0.15, 0.2) is 0 Å². The van der Waals surface area contributed by atoms with E-state index in [1.807, 2.05) is 0 Å². The summed E-state index contributed by atoms with van der Waals surface area (Å²) in [5, 5.41) is 0. The molecule has 37 heavy (non-hydrogen) atoms. The topological polar surface area (TPSA) is 56.4 Å². The van der Waals surface area contributed by atoms with E-state index in [1.54, 1.807) is 13.0 Å². The van der Waals surface area contributed by atoms with E-state index >= 15 is 0 Å². The summed E-state index contributed by atoms with van der Waals surface area (Å²) in [6.45, 7) is 1.26. The molecule has 0 atom stereocenters. The summed E-state index contributed by atoms with van der Waals surface area (Å²) in [5.41, 5.74) is -2.74. The van der Waals surface area contributed by atoms with Crippen LogP contribution in [0.2, 0.25) is 0 Å². The molecule has 0 saturated carbocycles. The number of aryl methyl sites for hydroxylation is 1. The van der Waals surface area contributed by atoms with Crippen LogP contribution >= 0.6 is 0 Å². The Bertz CT molecular complexity index is 1640. The Labute approximate surface area is 206 Å². The molecular formula is C24H18F7N3O2S. The Morgan fingerprint density at radius 3 is 2.05 bits per heavy atom. The highest BCUT2D eigenvalue weighted by Gasteiger charge is 2.34. The monoisotopic (exact) mass is 545 g/mol. The molecule has 4 aromatic rings. The van der Waals surface area contributed by atoms with E-state index in [9.17, 15) is 39.2 Å². The number of rotatable bonds is 5. The van der Waals surface area contributed by atoms with Gasteiger partial charge in [0.1, 0.15) is 5.82 Å². The summed E-state index contributed by atoms with van der Waals surface area (Å²) < 4.78 is 126. The Hall–Kier alpha value is -3.61. The third-order valence-electron chi connectivity index (χ3n) is 5.61. The quantitative estimate of drug-likeness (QED) is 0.290. The van der Waals surface area contributed by atoms with Crippen molar-refractivity contribution >= 4 is 21.1 Å². The number of aromatic nitrogens is 2. The maximum absolute atomic E-state index is 14.2. The molecule has 5 nitrogen and oxygen atoms in total. The van der Waals surface area contributed by atoms with Gasteiger partial charge >= 0.3 is 12.4 Å². The van der Waals surface area contributed by atoms with Gasteiger partial charge in [0.25, 0.3) is 10.0 Å². The molecule has 0 radical (unpaired) electrons. The fourth-order valence-corrected chi connectivity index (χ4v) is 4.91. The molecule has 196 valence electrons. The molecule has 0 aliphatic carbocycles. The summed E-state index contributed by atoms with van der Waals surface area (Å²) in [4.78, 5) is -0.175. The maximum atomic E-state index is 14.2. The molecule has 0 amide bonds. The number of alkyl halides is 6. The molecule has 13 heteroatoms. The van der Waals surface area contributed by atoms with E-state index in [1.165, 1.54) is 28.8 Å². The van der Waals surface area contributed by atoms with E-state index in [2.05, 4.69) is 4.40 Å². The van der Waals surface area contributed by atoms with E-state index in [0.29, 0.717) is 12.1 Å². The van der Waals surface area contributed by atoms with Gasteiger partial charge in [-0.15, -0.1) is 4.40 Å². The first-order valence-electron chi connectivity index (χ1n) is 10.7. The molecule has 0 bridgehead atoms. The molecule has 0 N–H and O–H groups in total. The van der Waals surface area contributed by atoms with Gasteiger partial charge in [-0.3, -0.25) is 0 Å². The molecule has 1 heterocycles. The smallest absolute Gasteiger partial charge is 0.310 e. The zero-order chi connectivity index (χ0) is 27.2. The number of nitrogens with zero attached hydrogens (tertiary/aromatic N) is 3. The van der Waals surface area contributed by atoms with E-state index < -0.39 is 45.9 Å². The Kier molecular flexibility index (Phi) is 6.69. The molecule has 0 aliphatic heterocycles. The zero-order valence-electron chi connectivity index (χ0n) is 19.0. The molecule has 0 saturated heterocycles. The number of hydrogen-bond acceptors (Lipinski definition) is 2. The van der Waals surface area contributed by atoms with Crippen molar-refractivity contribution in [2.45, 2.75) is 37.3 Å². The summed E-state index contributed by atoms with van der Waals surface area (Å²) in [6.07, 6.45) is -9.67. The van der Waals surface area contributed by atoms with Crippen LogP contribution < -0.4 is 5.62 Å². The van der Waals surface area contributed by atoms with Crippen LogP contribution in [-0.2, 0) is 35.5 Å². The highest BCUT2D eigenvalue weighted by molar-refractivity contribution is 7.90. The second kappa shape index (κ2) is 9.36. The minimum absolute atomic E-state index is 0.0448. The second-order valence-corrected chi connectivity index (χ2v) is 9.63. The SMILES string of the molecule is CCn1/c(=N/S(=O)(=O)c2ccccc2)n(Cc2ccc(C(F)(F)F)c(F)c2)c2cc(C(F)(F)F)ccc21. The van der Waals surface area contributed by atoms with Crippen molar-refractivity contribution in [1.29, 1.82) is 0 Å². The van der Waals surface area contributed by atoms with Crippen molar-refractivity contribution in [3.63, 3.8) is 0 Å². The molecule has 0 aliphatic rings. The lowest BCUT2D eigenvalue weighted by Gasteiger charge is -2.11. The van der Waals surface area contributed by atoms with Gasteiger partial charge in [0.05, 0.1) is 33.6 Å².